The molecule has 1 saturated heterocycles. The van der Waals surface area contributed by atoms with Gasteiger partial charge >= 0.3 is 10.5 Å². The molecule has 132 valence electrons. The first-order valence-corrected chi connectivity index (χ1v) is 8.80. The fourth-order valence-electron chi connectivity index (χ4n) is 3.16. The molecule has 2 rings (SSSR count). The Kier molecular flexibility index (Phi) is 5.53. The first-order chi connectivity index (χ1) is 11.3. The molecule has 24 heavy (non-hydrogen) atoms. The zero-order chi connectivity index (χ0) is 17.9. The third-order valence-electron chi connectivity index (χ3n) is 4.21. The standard InChI is InChI=1S/C14H20FN5O3S/c1-9-12(8-18-19-16)10(2)14(23-24(15,21)22)11(3)13(9)20-6-4-17-5-7-20/h17H,4-8H2,1-3H3. The van der Waals surface area contributed by atoms with Crippen molar-refractivity contribution in [2.24, 2.45) is 5.11 Å². The van der Waals surface area contributed by atoms with E-state index in [0.29, 0.717) is 16.7 Å². The summed E-state index contributed by atoms with van der Waals surface area (Å²) in [5.74, 6) is -0.0419. The second-order valence-corrected chi connectivity index (χ2v) is 6.59. The van der Waals surface area contributed by atoms with Gasteiger partial charge in [0, 0.05) is 42.3 Å². The van der Waals surface area contributed by atoms with Crippen molar-refractivity contribution in [3.8, 4) is 5.75 Å². The Labute approximate surface area is 140 Å². The van der Waals surface area contributed by atoms with Crippen molar-refractivity contribution in [3.63, 3.8) is 0 Å². The predicted octanol–water partition coefficient (Wildman–Crippen LogP) is 2.42. The average Bonchev–Trinajstić information content (AvgIpc) is 2.52. The minimum absolute atomic E-state index is 0.0379. The molecule has 1 aliphatic heterocycles. The summed E-state index contributed by atoms with van der Waals surface area (Å²) in [5, 5.41) is 6.81. The second kappa shape index (κ2) is 7.25. The number of hydrogen-bond donors (Lipinski definition) is 1. The molecule has 0 aromatic heterocycles. The van der Waals surface area contributed by atoms with Crippen molar-refractivity contribution in [2.45, 2.75) is 27.3 Å². The molecule has 0 unspecified atom stereocenters. The number of halogens is 1. The number of piperazine rings is 1. The van der Waals surface area contributed by atoms with Gasteiger partial charge in [-0.25, -0.2) is 0 Å². The van der Waals surface area contributed by atoms with E-state index in [2.05, 4.69) is 24.4 Å². The molecule has 0 aliphatic carbocycles. The SMILES string of the molecule is Cc1c(CN=[N+]=[N-])c(C)c(N2CCNCC2)c(C)c1OS(=O)(=O)F. The van der Waals surface area contributed by atoms with Crippen molar-refractivity contribution >= 4 is 16.2 Å². The lowest BCUT2D eigenvalue weighted by Crippen LogP contribution is -2.44. The van der Waals surface area contributed by atoms with Crippen LogP contribution < -0.4 is 14.4 Å². The highest BCUT2D eigenvalue weighted by Crippen LogP contribution is 2.39. The van der Waals surface area contributed by atoms with Gasteiger partial charge in [0.25, 0.3) is 0 Å². The molecular weight excluding hydrogens is 337 g/mol. The van der Waals surface area contributed by atoms with E-state index in [1.807, 2.05) is 6.92 Å². The zero-order valence-corrected chi connectivity index (χ0v) is 14.7. The lowest BCUT2D eigenvalue weighted by molar-refractivity contribution is 0.436. The van der Waals surface area contributed by atoms with Crippen LogP contribution in [-0.4, -0.2) is 34.6 Å². The Balaban J connectivity index is 2.67. The number of rotatable bonds is 5. The number of nitrogens with one attached hydrogen (secondary N) is 1. The van der Waals surface area contributed by atoms with E-state index >= 15 is 0 Å². The predicted molar refractivity (Wildman–Crippen MR) is 89.2 cm³/mol. The topological polar surface area (TPSA) is 107 Å². The molecular formula is C14H20FN5O3S. The van der Waals surface area contributed by atoms with E-state index in [1.165, 1.54) is 0 Å². The van der Waals surface area contributed by atoms with Gasteiger partial charge in [0.15, 0.2) is 5.75 Å². The summed E-state index contributed by atoms with van der Waals surface area (Å²) in [4.78, 5) is 4.85. The van der Waals surface area contributed by atoms with Crippen molar-refractivity contribution in [1.29, 1.82) is 0 Å². The van der Waals surface area contributed by atoms with Crippen LogP contribution in [0.4, 0.5) is 9.57 Å². The zero-order valence-electron chi connectivity index (χ0n) is 13.8. The maximum Gasteiger partial charge on any atom is 0.488 e. The number of azide groups is 1. The molecule has 0 atom stereocenters. The molecule has 1 aliphatic rings. The van der Waals surface area contributed by atoms with E-state index < -0.39 is 10.5 Å². The highest BCUT2D eigenvalue weighted by atomic mass is 32.3. The Morgan fingerprint density at radius 2 is 1.88 bits per heavy atom. The van der Waals surface area contributed by atoms with Crippen LogP contribution in [0.25, 0.3) is 10.4 Å². The minimum Gasteiger partial charge on any atom is -0.368 e. The van der Waals surface area contributed by atoms with Gasteiger partial charge in [-0.05, 0) is 43.0 Å². The number of hydrogen-bond acceptors (Lipinski definition) is 6. The van der Waals surface area contributed by atoms with Crippen LogP contribution in [0.15, 0.2) is 5.11 Å². The lowest BCUT2D eigenvalue weighted by atomic mass is 9.95. The largest absolute Gasteiger partial charge is 0.488 e. The van der Waals surface area contributed by atoms with Crippen LogP contribution >= 0.6 is 0 Å². The van der Waals surface area contributed by atoms with Gasteiger partial charge < -0.3 is 14.4 Å². The highest BCUT2D eigenvalue weighted by molar-refractivity contribution is 7.81. The summed E-state index contributed by atoms with van der Waals surface area (Å²) < 4.78 is 39.8. The Bertz CT molecular complexity index is 784. The van der Waals surface area contributed by atoms with Gasteiger partial charge in [-0.15, -0.1) is 0 Å². The molecule has 1 aromatic carbocycles. The molecule has 10 heteroatoms. The van der Waals surface area contributed by atoms with Crippen LogP contribution in [0.5, 0.6) is 5.75 Å². The van der Waals surface area contributed by atoms with Crippen molar-refractivity contribution in [1.82, 2.24) is 5.32 Å². The third-order valence-corrected chi connectivity index (χ3v) is 4.57. The van der Waals surface area contributed by atoms with E-state index in [9.17, 15) is 12.3 Å². The Morgan fingerprint density at radius 1 is 1.25 bits per heavy atom. The molecule has 1 N–H and O–H groups in total. The summed E-state index contributed by atoms with van der Waals surface area (Å²) in [6.07, 6.45) is 0. The van der Waals surface area contributed by atoms with Crippen LogP contribution in [0.1, 0.15) is 22.3 Å². The quantitative estimate of drug-likeness (QED) is 0.377. The Morgan fingerprint density at radius 3 is 2.42 bits per heavy atom. The molecule has 0 amide bonds. The molecule has 0 spiro atoms. The van der Waals surface area contributed by atoms with Gasteiger partial charge in [-0.2, -0.15) is 8.42 Å². The van der Waals surface area contributed by atoms with E-state index in [-0.39, 0.29) is 12.3 Å². The smallest absolute Gasteiger partial charge is 0.368 e. The summed E-state index contributed by atoms with van der Waals surface area (Å²) in [6.45, 7) is 8.29. The second-order valence-electron chi connectivity index (χ2n) is 5.63. The van der Waals surface area contributed by atoms with Crippen molar-refractivity contribution in [2.75, 3.05) is 31.1 Å². The van der Waals surface area contributed by atoms with Gasteiger partial charge in [0.2, 0.25) is 0 Å². The van der Waals surface area contributed by atoms with Gasteiger partial charge in [0.05, 0.1) is 6.54 Å². The molecule has 0 saturated carbocycles. The summed E-state index contributed by atoms with van der Waals surface area (Å²) in [5.41, 5.74) is 11.9. The van der Waals surface area contributed by atoms with Crippen LogP contribution in [0.2, 0.25) is 0 Å². The number of benzene rings is 1. The maximum atomic E-state index is 13.1. The monoisotopic (exact) mass is 357 g/mol. The maximum absolute atomic E-state index is 13.1. The first-order valence-electron chi connectivity index (χ1n) is 7.49. The molecule has 1 fully saturated rings. The van der Waals surface area contributed by atoms with Gasteiger partial charge in [-0.3, -0.25) is 0 Å². The van der Waals surface area contributed by atoms with Crippen molar-refractivity contribution in [3.05, 3.63) is 32.7 Å². The molecule has 0 bridgehead atoms. The Hall–Kier alpha value is -2.03. The third kappa shape index (κ3) is 3.89. The highest BCUT2D eigenvalue weighted by Gasteiger charge is 2.25. The van der Waals surface area contributed by atoms with Crippen molar-refractivity contribution < 1.29 is 16.5 Å². The summed E-state index contributed by atoms with van der Waals surface area (Å²) in [6, 6.07) is 0. The molecule has 0 radical (unpaired) electrons. The van der Waals surface area contributed by atoms with Crippen LogP contribution in [-0.2, 0) is 17.0 Å². The minimum atomic E-state index is -5.15. The number of nitrogens with zero attached hydrogens (tertiary/aromatic N) is 4. The summed E-state index contributed by atoms with van der Waals surface area (Å²) >= 11 is 0. The molecule has 1 heterocycles. The number of anilines is 1. The van der Waals surface area contributed by atoms with E-state index in [0.717, 1.165) is 37.4 Å². The molecule has 1 aromatic rings. The van der Waals surface area contributed by atoms with Crippen LogP contribution in [0.3, 0.4) is 0 Å². The lowest BCUT2D eigenvalue weighted by Gasteiger charge is -2.34. The fourth-order valence-corrected chi connectivity index (χ4v) is 3.61. The molecule has 8 nitrogen and oxygen atoms in total. The first kappa shape index (κ1) is 18.3. The van der Waals surface area contributed by atoms with E-state index in [4.69, 9.17) is 5.53 Å². The normalized spacial score (nSPS) is 15.1. The van der Waals surface area contributed by atoms with Crippen LogP contribution in [0, 0.1) is 20.8 Å². The average molecular weight is 357 g/mol. The van der Waals surface area contributed by atoms with Gasteiger partial charge in [0.1, 0.15) is 0 Å². The fraction of sp³-hybridized carbons (Fsp3) is 0.571. The summed E-state index contributed by atoms with van der Waals surface area (Å²) in [7, 11) is -5.15. The van der Waals surface area contributed by atoms with E-state index in [1.54, 1.807) is 13.8 Å². The van der Waals surface area contributed by atoms with Gasteiger partial charge in [-0.1, -0.05) is 9.00 Å².